The molecule has 20 heavy (non-hydrogen) atoms. The van der Waals surface area contributed by atoms with Gasteiger partial charge in [-0.3, -0.25) is 14.5 Å². The van der Waals surface area contributed by atoms with Crippen LogP contribution in [0, 0.1) is 11.8 Å². The minimum absolute atomic E-state index is 0.0189. The van der Waals surface area contributed by atoms with Crippen LogP contribution in [-0.2, 0) is 19.9 Å². The molecular formula is C16H15NO3. The highest BCUT2D eigenvalue weighted by molar-refractivity contribution is 6.07. The molecular weight excluding hydrogens is 254 g/mol. The Morgan fingerprint density at radius 3 is 2.70 bits per heavy atom. The Morgan fingerprint density at radius 1 is 1.20 bits per heavy atom. The van der Waals surface area contributed by atoms with Crippen molar-refractivity contribution in [2.45, 2.75) is 11.5 Å². The molecule has 0 aromatic heterocycles. The number of carbonyl (C=O) groups is 2. The smallest absolute Gasteiger partial charge is 0.236 e. The van der Waals surface area contributed by atoms with Crippen molar-refractivity contribution in [3.8, 4) is 0 Å². The Bertz CT molecular complexity index is 665. The van der Waals surface area contributed by atoms with E-state index < -0.39 is 11.5 Å². The van der Waals surface area contributed by atoms with Crippen molar-refractivity contribution in [1.29, 1.82) is 0 Å². The number of methoxy groups -OCH3 is 1. The molecule has 1 heterocycles. The van der Waals surface area contributed by atoms with E-state index in [1.54, 1.807) is 14.2 Å². The normalized spacial score (nSPS) is 37.3. The zero-order chi connectivity index (χ0) is 14.1. The van der Waals surface area contributed by atoms with Crippen molar-refractivity contribution in [3.05, 3.63) is 47.5 Å². The first-order chi connectivity index (χ1) is 9.62. The van der Waals surface area contributed by atoms with Crippen LogP contribution in [0.2, 0.25) is 0 Å². The first-order valence-electron chi connectivity index (χ1n) is 6.77. The maximum absolute atomic E-state index is 12.5. The molecule has 5 rings (SSSR count). The van der Waals surface area contributed by atoms with Crippen molar-refractivity contribution < 1.29 is 14.3 Å². The van der Waals surface area contributed by atoms with E-state index in [0.29, 0.717) is 0 Å². The molecule has 3 aliphatic carbocycles. The van der Waals surface area contributed by atoms with Crippen LogP contribution in [0.5, 0.6) is 0 Å². The minimum atomic E-state index is -0.798. The van der Waals surface area contributed by atoms with E-state index in [1.807, 2.05) is 36.4 Å². The molecule has 4 nitrogen and oxygen atoms in total. The largest absolute Gasteiger partial charge is 0.369 e. The van der Waals surface area contributed by atoms with E-state index in [0.717, 1.165) is 11.1 Å². The lowest BCUT2D eigenvalue weighted by Crippen LogP contribution is -2.50. The van der Waals surface area contributed by atoms with Crippen molar-refractivity contribution >= 4 is 11.8 Å². The van der Waals surface area contributed by atoms with Gasteiger partial charge in [-0.15, -0.1) is 0 Å². The molecule has 0 unspecified atom stereocenters. The summed E-state index contributed by atoms with van der Waals surface area (Å²) < 4.78 is 5.79. The lowest BCUT2D eigenvalue weighted by molar-refractivity contribution is -0.141. The van der Waals surface area contributed by atoms with Gasteiger partial charge in [0.25, 0.3) is 0 Å². The van der Waals surface area contributed by atoms with Crippen LogP contribution in [-0.4, -0.2) is 30.9 Å². The van der Waals surface area contributed by atoms with Gasteiger partial charge in [-0.05, 0) is 11.1 Å². The Morgan fingerprint density at radius 2 is 1.95 bits per heavy atom. The van der Waals surface area contributed by atoms with Crippen LogP contribution in [0.1, 0.15) is 17.0 Å². The number of benzene rings is 1. The van der Waals surface area contributed by atoms with Gasteiger partial charge in [0.05, 0.1) is 11.8 Å². The molecule has 2 amide bonds. The molecule has 0 N–H and O–H groups in total. The summed E-state index contributed by atoms with van der Waals surface area (Å²) in [6, 6.07) is 7.95. The zero-order valence-corrected chi connectivity index (χ0v) is 11.4. The van der Waals surface area contributed by atoms with Crippen molar-refractivity contribution in [2.24, 2.45) is 11.8 Å². The highest BCUT2D eigenvalue weighted by Crippen LogP contribution is 2.58. The lowest BCUT2D eigenvalue weighted by atomic mass is 9.58. The number of allylic oxidation sites excluding steroid dienone is 1. The molecule has 102 valence electrons. The number of ether oxygens (including phenoxy) is 1. The van der Waals surface area contributed by atoms with Crippen LogP contribution in [0.3, 0.4) is 0 Å². The second kappa shape index (κ2) is 3.58. The summed E-state index contributed by atoms with van der Waals surface area (Å²) in [6.45, 7) is 0. The molecule has 1 aromatic rings. The molecule has 4 atom stereocenters. The quantitative estimate of drug-likeness (QED) is 0.572. The highest BCUT2D eigenvalue weighted by Gasteiger charge is 2.64. The van der Waals surface area contributed by atoms with Gasteiger partial charge in [-0.2, -0.15) is 0 Å². The average molecular weight is 269 g/mol. The topological polar surface area (TPSA) is 46.6 Å². The standard InChI is InChI=1S/C16H15NO3/c1-17-14(18)12-10-7-8-16(20-2,13(12)15(17)19)11-6-4-3-5-9(10)11/h3-8,10,12-13H,1-2H3/t10-,12+,13-,16-/m1/s1. The van der Waals surface area contributed by atoms with Gasteiger partial charge >= 0.3 is 0 Å². The summed E-state index contributed by atoms with van der Waals surface area (Å²) >= 11 is 0. The fraction of sp³-hybridized carbons (Fsp3) is 0.375. The molecule has 1 aliphatic heterocycles. The van der Waals surface area contributed by atoms with Gasteiger partial charge in [-0.1, -0.05) is 36.4 Å². The number of carbonyl (C=O) groups excluding carboxylic acids is 2. The van der Waals surface area contributed by atoms with E-state index in [2.05, 4.69) is 0 Å². The molecule has 4 heteroatoms. The summed E-state index contributed by atoms with van der Waals surface area (Å²) in [4.78, 5) is 26.2. The number of rotatable bonds is 1. The van der Waals surface area contributed by atoms with E-state index in [9.17, 15) is 9.59 Å². The Kier molecular flexibility index (Phi) is 2.12. The van der Waals surface area contributed by atoms with Gasteiger partial charge < -0.3 is 4.74 Å². The first-order valence-corrected chi connectivity index (χ1v) is 6.77. The molecule has 1 fully saturated rings. The Balaban J connectivity index is 2.03. The average Bonchev–Trinajstić information content (AvgIpc) is 2.74. The summed E-state index contributed by atoms with van der Waals surface area (Å²) in [6.07, 6.45) is 3.99. The van der Waals surface area contributed by atoms with Crippen LogP contribution in [0.4, 0.5) is 0 Å². The lowest BCUT2D eigenvalue weighted by Gasteiger charge is -2.48. The van der Waals surface area contributed by atoms with Gasteiger partial charge in [-0.25, -0.2) is 0 Å². The molecule has 1 saturated heterocycles. The Labute approximate surface area is 117 Å². The number of nitrogens with zero attached hydrogens (tertiary/aromatic N) is 1. The molecule has 0 saturated carbocycles. The van der Waals surface area contributed by atoms with Gasteiger partial charge in [0, 0.05) is 20.1 Å². The third-order valence-corrected chi connectivity index (χ3v) is 5.05. The van der Waals surface area contributed by atoms with E-state index >= 15 is 0 Å². The predicted molar refractivity (Wildman–Crippen MR) is 71.8 cm³/mol. The molecule has 2 bridgehead atoms. The minimum Gasteiger partial charge on any atom is -0.369 e. The van der Waals surface area contributed by atoms with Crippen LogP contribution < -0.4 is 0 Å². The maximum atomic E-state index is 12.5. The Hall–Kier alpha value is -1.94. The third-order valence-electron chi connectivity index (χ3n) is 5.05. The SMILES string of the molecule is CO[C@]12C=C[C@H](c3ccccc31)[C@@H]1C(=O)N(C)C(=O)[C@@H]12. The second-order valence-electron chi connectivity index (χ2n) is 5.71. The number of imide groups is 1. The van der Waals surface area contributed by atoms with Crippen LogP contribution in [0.15, 0.2) is 36.4 Å². The van der Waals surface area contributed by atoms with Crippen molar-refractivity contribution in [2.75, 3.05) is 14.2 Å². The molecule has 1 aromatic carbocycles. The second-order valence-corrected chi connectivity index (χ2v) is 5.71. The van der Waals surface area contributed by atoms with Gasteiger partial charge in [0.15, 0.2) is 0 Å². The number of likely N-dealkylation sites (tertiary alicyclic amines) is 1. The van der Waals surface area contributed by atoms with Crippen molar-refractivity contribution in [3.63, 3.8) is 0 Å². The fourth-order valence-electron chi connectivity index (χ4n) is 4.12. The summed E-state index contributed by atoms with van der Waals surface area (Å²) in [5.41, 5.74) is 1.33. The van der Waals surface area contributed by atoms with Crippen molar-refractivity contribution in [1.82, 2.24) is 4.90 Å². The van der Waals surface area contributed by atoms with E-state index in [-0.39, 0.29) is 23.7 Å². The predicted octanol–water partition coefficient (Wildman–Crippen LogP) is 1.43. The molecule has 4 aliphatic rings. The summed E-state index contributed by atoms with van der Waals surface area (Å²) in [7, 11) is 3.18. The third kappa shape index (κ3) is 1.08. The van der Waals surface area contributed by atoms with E-state index in [1.165, 1.54) is 4.90 Å². The zero-order valence-electron chi connectivity index (χ0n) is 11.4. The maximum Gasteiger partial charge on any atom is 0.236 e. The summed E-state index contributed by atoms with van der Waals surface area (Å²) in [5.74, 6) is -1.01. The first kappa shape index (κ1) is 11.9. The molecule has 0 spiro atoms. The van der Waals surface area contributed by atoms with Gasteiger partial charge in [0.1, 0.15) is 5.60 Å². The summed E-state index contributed by atoms with van der Waals surface area (Å²) in [5, 5.41) is 0. The number of hydrogen-bond acceptors (Lipinski definition) is 3. The fourth-order valence-corrected chi connectivity index (χ4v) is 4.12. The van der Waals surface area contributed by atoms with E-state index in [4.69, 9.17) is 4.74 Å². The molecule has 0 radical (unpaired) electrons. The van der Waals surface area contributed by atoms with Crippen LogP contribution >= 0.6 is 0 Å². The monoisotopic (exact) mass is 269 g/mol. The van der Waals surface area contributed by atoms with Gasteiger partial charge in [0.2, 0.25) is 11.8 Å². The highest BCUT2D eigenvalue weighted by atomic mass is 16.5. The number of amides is 2. The number of hydrogen-bond donors (Lipinski definition) is 0. The van der Waals surface area contributed by atoms with Crippen LogP contribution in [0.25, 0.3) is 0 Å².